The molecule has 1 fully saturated rings. The van der Waals surface area contributed by atoms with Crippen LogP contribution >= 0.6 is 11.3 Å². The number of likely N-dealkylation sites (tertiary alicyclic amines) is 1. The van der Waals surface area contributed by atoms with Crippen molar-refractivity contribution in [1.29, 1.82) is 0 Å². The molecule has 1 amide bonds. The maximum absolute atomic E-state index is 12.7. The molecule has 0 aliphatic carbocycles. The van der Waals surface area contributed by atoms with Crippen LogP contribution in [0.3, 0.4) is 0 Å². The van der Waals surface area contributed by atoms with Crippen LogP contribution in [0.25, 0.3) is 15.7 Å². The molecule has 1 aliphatic heterocycles. The Morgan fingerprint density at radius 1 is 1.42 bits per heavy atom. The van der Waals surface area contributed by atoms with Gasteiger partial charge in [-0.3, -0.25) is 18.9 Å². The van der Waals surface area contributed by atoms with Crippen molar-refractivity contribution in [2.24, 2.45) is 0 Å². The molecule has 0 saturated carbocycles. The minimum absolute atomic E-state index is 0.0478. The van der Waals surface area contributed by atoms with Crippen LogP contribution in [0, 0.1) is 6.92 Å². The number of aromatic nitrogens is 3. The van der Waals surface area contributed by atoms with Crippen LogP contribution in [-0.4, -0.2) is 50.7 Å². The Morgan fingerprint density at radius 2 is 2.27 bits per heavy atom. The molecule has 1 atom stereocenters. The van der Waals surface area contributed by atoms with Crippen molar-refractivity contribution in [3.05, 3.63) is 33.7 Å². The first-order valence-electron chi connectivity index (χ1n) is 9.05. The smallest absolute Gasteiger partial charge is 0.291 e. The number of amides is 1. The number of nitrogens with zero attached hydrogens (tertiary/aromatic N) is 4. The van der Waals surface area contributed by atoms with Gasteiger partial charge in [-0.15, -0.1) is 11.3 Å². The molecule has 1 aliphatic rings. The molecule has 7 nitrogen and oxygen atoms in total. The second-order valence-corrected chi connectivity index (χ2v) is 7.72. The van der Waals surface area contributed by atoms with E-state index in [-0.39, 0.29) is 18.0 Å². The molecule has 3 aromatic heterocycles. The number of hydrogen-bond donors (Lipinski definition) is 1. The van der Waals surface area contributed by atoms with E-state index in [1.165, 1.54) is 11.1 Å². The average molecular weight is 373 g/mol. The summed E-state index contributed by atoms with van der Waals surface area (Å²) in [4.78, 5) is 27.5. The second kappa shape index (κ2) is 6.85. The highest BCUT2D eigenvalue weighted by Gasteiger charge is 2.23. The summed E-state index contributed by atoms with van der Waals surface area (Å²) < 4.78 is 4.19. The number of thiophene rings is 1. The maximum atomic E-state index is 12.7. The van der Waals surface area contributed by atoms with Gasteiger partial charge < -0.3 is 5.32 Å². The predicted octanol–water partition coefficient (Wildman–Crippen LogP) is 1.62. The van der Waals surface area contributed by atoms with E-state index in [9.17, 15) is 9.59 Å². The third-order valence-corrected chi connectivity index (χ3v) is 6.05. The van der Waals surface area contributed by atoms with Crippen LogP contribution in [-0.2, 0) is 11.3 Å². The molecule has 0 bridgehead atoms. The monoisotopic (exact) mass is 373 g/mol. The molecular weight excluding hydrogens is 350 g/mol. The summed E-state index contributed by atoms with van der Waals surface area (Å²) in [6.07, 6.45) is 2.29. The third-order valence-electron chi connectivity index (χ3n) is 5.20. The van der Waals surface area contributed by atoms with Crippen molar-refractivity contribution in [1.82, 2.24) is 24.4 Å². The average Bonchev–Trinajstić information content (AvgIpc) is 3.32. The van der Waals surface area contributed by atoms with E-state index in [0.29, 0.717) is 23.9 Å². The van der Waals surface area contributed by atoms with Crippen molar-refractivity contribution < 1.29 is 4.79 Å². The zero-order chi connectivity index (χ0) is 18.3. The van der Waals surface area contributed by atoms with E-state index in [1.807, 2.05) is 28.8 Å². The fourth-order valence-electron chi connectivity index (χ4n) is 3.90. The number of carbonyl (C=O) groups excluding carboxylic acids is 1. The fraction of sp³-hybridized carbons (Fsp3) is 0.500. The summed E-state index contributed by atoms with van der Waals surface area (Å²) in [5.74, 6) is 0.536. The first-order valence-corrected chi connectivity index (χ1v) is 9.93. The predicted molar refractivity (Wildman–Crippen MR) is 103 cm³/mol. The Labute approximate surface area is 155 Å². The van der Waals surface area contributed by atoms with Gasteiger partial charge in [-0.1, -0.05) is 6.92 Å². The second-order valence-electron chi connectivity index (χ2n) is 6.77. The van der Waals surface area contributed by atoms with Crippen LogP contribution in [0.4, 0.5) is 0 Å². The maximum Gasteiger partial charge on any atom is 0.291 e. The largest absolute Gasteiger partial charge is 0.353 e. The molecule has 0 unspecified atom stereocenters. The van der Waals surface area contributed by atoms with Crippen molar-refractivity contribution in [3.8, 4) is 0 Å². The molecule has 26 heavy (non-hydrogen) atoms. The van der Waals surface area contributed by atoms with Crippen LogP contribution < -0.4 is 10.9 Å². The molecule has 3 aromatic rings. The van der Waals surface area contributed by atoms with Crippen LogP contribution in [0.15, 0.2) is 22.3 Å². The highest BCUT2D eigenvalue weighted by Crippen LogP contribution is 2.24. The lowest BCUT2D eigenvalue weighted by molar-refractivity contribution is -0.122. The summed E-state index contributed by atoms with van der Waals surface area (Å²) in [6, 6.07) is 4.26. The van der Waals surface area contributed by atoms with Gasteiger partial charge in [-0.25, -0.2) is 4.68 Å². The minimum Gasteiger partial charge on any atom is -0.353 e. The first kappa shape index (κ1) is 17.2. The molecule has 1 saturated heterocycles. The third kappa shape index (κ3) is 2.93. The Morgan fingerprint density at radius 3 is 3.08 bits per heavy atom. The molecule has 0 aromatic carbocycles. The molecule has 4 heterocycles. The van der Waals surface area contributed by atoms with Crippen molar-refractivity contribution in [2.75, 3.05) is 19.6 Å². The van der Waals surface area contributed by atoms with Crippen LogP contribution in [0.1, 0.15) is 25.6 Å². The van der Waals surface area contributed by atoms with Gasteiger partial charge >= 0.3 is 0 Å². The Balaban J connectivity index is 1.52. The summed E-state index contributed by atoms with van der Waals surface area (Å²) in [6.45, 7) is 6.68. The first-order chi connectivity index (χ1) is 12.6. The fourth-order valence-corrected chi connectivity index (χ4v) is 4.71. The summed E-state index contributed by atoms with van der Waals surface area (Å²) in [7, 11) is 0. The summed E-state index contributed by atoms with van der Waals surface area (Å²) in [5, 5.41) is 9.32. The van der Waals surface area contributed by atoms with Crippen molar-refractivity contribution >= 4 is 33.0 Å². The van der Waals surface area contributed by atoms with Crippen LogP contribution in [0.2, 0.25) is 0 Å². The number of nitrogens with one attached hydrogen (secondary N) is 1. The number of aryl methyl sites for hydroxylation is 1. The van der Waals surface area contributed by atoms with Gasteiger partial charge in [-0.05, 0) is 50.4 Å². The van der Waals surface area contributed by atoms with Gasteiger partial charge in [0.25, 0.3) is 5.56 Å². The summed E-state index contributed by atoms with van der Waals surface area (Å²) >= 11 is 1.59. The van der Waals surface area contributed by atoms with E-state index in [0.717, 1.165) is 29.7 Å². The Bertz CT molecular complexity index is 1020. The Hall–Kier alpha value is -2.19. The number of hydrogen-bond acceptors (Lipinski definition) is 5. The molecular formula is C18H23N5O2S. The zero-order valence-electron chi connectivity index (χ0n) is 15.1. The van der Waals surface area contributed by atoms with E-state index < -0.39 is 0 Å². The lowest BCUT2D eigenvalue weighted by Crippen LogP contribution is -2.42. The molecule has 1 N–H and O–H groups in total. The van der Waals surface area contributed by atoms with E-state index in [2.05, 4.69) is 22.2 Å². The topological polar surface area (TPSA) is 71.6 Å². The zero-order valence-corrected chi connectivity index (χ0v) is 15.9. The van der Waals surface area contributed by atoms with Gasteiger partial charge in [0.05, 0.1) is 10.2 Å². The Kier molecular flexibility index (Phi) is 4.54. The number of rotatable bonds is 5. The highest BCUT2D eigenvalue weighted by molar-refractivity contribution is 7.17. The standard InChI is InChI=1S/C18H23N5O2S/c1-3-21-7-4-5-13(21)10-19-17(24)11-22-18(25)15-9-16-14(6-8-26-16)23(15)12(2)20-22/h6,8-9,13H,3-5,7,10-11H2,1-2H3,(H,19,24)/t13-/m0/s1. The normalized spacial score (nSPS) is 18.2. The lowest BCUT2D eigenvalue weighted by Gasteiger charge is -2.22. The molecule has 0 radical (unpaired) electrons. The van der Waals surface area contributed by atoms with Crippen molar-refractivity contribution in [3.63, 3.8) is 0 Å². The molecule has 0 spiro atoms. The van der Waals surface area contributed by atoms with Gasteiger partial charge in [0.2, 0.25) is 5.91 Å². The number of fused-ring (bicyclic) bond motifs is 3. The van der Waals surface area contributed by atoms with Crippen LogP contribution in [0.5, 0.6) is 0 Å². The summed E-state index contributed by atoms with van der Waals surface area (Å²) in [5.41, 5.74) is 1.33. The molecule has 4 rings (SSSR count). The molecule has 8 heteroatoms. The quantitative estimate of drug-likeness (QED) is 0.738. The minimum atomic E-state index is -0.231. The number of carbonyl (C=O) groups is 1. The lowest BCUT2D eigenvalue weighted by atomic mass is 10.2. The van der Waals surface area contributed by atoms with E-state index >= 15 is 0 Å². The molecule has 138 valence electrons. The van der Waals surface area contributed by atoms with E-state index in [1.54, 1.807) is 11.3 Å². The van der Waals surface area contributed by atoms with Gasteiger partial charge in [0.1, 0.15) is 17.9 Å². The van der Waals surface area contributed by atoms with Crippen molar-refractivity contribution in [2.45, 2.75) is 39.3 Å². The van der Waals surface area contributed by atoms with Gasteiger partial charge in [0, 0.05) is 12.6 Å². The van der Waals surface area contributed by atoms with Gasteiger partial charge in [-0.2, -0.15) is 5.10 Å². The van der Waals surface area contributed by atoms with E-state index in [4.69, 9.17) is 0 Å². The van der Waals surface area contributed by atoms with Gasteiger partial charge in [0.15, 0.2) is 0 Å². The number of likely N-dealkylation sites (N-methyl/N-ethyl adjacent to an activating group) is 1. The SMILES string of the molecule is CCN1CCC[C@H]1CNC(=O)Cn1nc(C)n2c(cc3sccc32)c1=O. The highest BCUT2D eigenvalue weighted by atomic mass is 32.1.